The van der Waals surface area contributed by atoms with Crippen LogP contribution in [-0.4, -0.2) is 33.2 Å². The third-order valence-corrected chi connectivity index (χ3v) is 6.09. The van der Waals surface area contributed by atoms with Gasteiger partial charge >= 0.3 is 0 Å². The zero-order chi connectivity index (χ0) is 23.0. The first-order valence-corrected chi connectivity index (χ1v) is 11.6. The summed E-state index contributed by atoms with van der Waals surface area (Å²) < 4.78 is 0. The summed E-state index contributed by atoms with van der Waals surface area (Å²) in [6.07, 6.45) is 5.51. The number of likely N-dealkylation sites (tertiary alicyclic amines) is 1. The van der Waals surface area contributed by atoms with Gasteiger partial charge < -0.3 is 10.2 Å². The van der Waals surface area contributed by atoms with Crippen LogP contribution in [0.3, 0.4) is 0 Å². The maximum Gasteiger partial charge on any atom is 0.255 e. The number of nitrogens with one attached hydrogen (secondary N) is 1. The van der Waals surface area contributed by atoms with Gasteiger partial charge in [-0.2, -0.15) is 0 Å². The smallest absolute Gasteiger partial charge is 0.255 e. The number of nitrogens with zero attached hydrogens (tertiary/aromatic N) is 3. The normalized spacial score (nSPS) is 15.8. The van der Waals surface area contributed by atoms with E-state index in [2.05, 4.69) is 15.3 Å². The first kappa shape index (κ1) is 22.6. The van der Waals surface area contributed by atoms with Crippen LogP contribution in [0, 0.1) is 6.92 Å². The highest BCUT2D eigenvalue weighted by atomic mass is 16.2. The molecular weight excluding hydrogens is 412 g/mol. The van der Waals surface area contributed by atoms with Gasteiger partial charge in [0, 0.05) is 25.7 Å². The molecule has 6 nitrogen and oxygen atoms in total. The molecule has 2 heterocycles. The van der Waals surface area contributed by atoms with Crippen LogP contribution in [0.25, 0.3) is 0 Å². The lowest BCUT2D eigenvalue weighted by Gasteiger charge is -2.36. The van der Waals surface area contributed by atoms with Gasteiger partial charge in [-0.1, -0.05) is 60.7 Å². The first-order chi connectivity index (χ1) is 16.1. The van der Waals surface area contributed by atoms with Crippen molar-refractivity contribution in [2.45, 2.75) is 51.6 Å². The Labute approximate surface area is 195 Å². The molecule has 1 aliphatic heterocycles. The van der Waals surface area contributed by atoms with Gasteiger partial charge in [-0.3, -0.25) is 9.59 Å². The van der Waals surface area contributed by atoms with Gasteiger partial charge in [0.25, 0.3) is 5.91 Å². The minimum atomic E-state index is -0.212. The van der Waals surface area contributed by atoms with E-state index in [9.17, 15) is 9.59 Å². The van der Waals surface area contributed by atoms with Gasteiger partial charge in [-0.25, -0.2) is 9.97 Å². The minimum absolute atomic E-state index is 0.107. The Kier molecular flexibility index (Phi) is 7.45. The van der Waals surface area contributed by atoms with Crippen molar-refractivity contribution in [1.29, 1.82) is 0 Å². The molecular formula is C27H30N4O2. The van der Waals surface area contributed by atoms with E-state index in [1.807, 2.05) is 72.5 Å². The molecule has 1 atom stereocenters. The van der Waals surface area contributed by atoms with E-state index >= 15 is 0 Å². The molecule has 2 aromatic carbocycles. The topological polar surface area (TPSA) is 75.2 Å². The van der Waals surface area contributed by atoms with Crippen molar-refractivity contribution >= 4 is 11.8 Å². The van der Waals surface area contributed by atoms with Crippen LogP contribution in [0.1, 0.15) is 64.7 Å². The first-order valence-electron chi connectivity index (χ1n) is 11.6. The zero-order valence-corrected chi connectivity index (χ0v) is 19.0. The Bertz CT molecular complexity index is 1090. The molecule has 170 valence electrons. The predicted octanol–water partition coefficient (Wildman–Crippen LogP) is 4.40. The standard InChI is InChI=1S/C27H30N4O2/c1-20-28-19-23(27(33)29-18-22-12-6-3-7-13-22)26(30-20)24-14-8-9-17-31(24)25(32)16-15-21-10-4-2-5-11-21/h2-7,10-13,19,24H,8-9,14-18H2,1H3,(H,29,33)/t24-/m0/s1. The maximum atomic E-state index is 13.2. The highest BCUT2D eigenvalue weighted by molar-refractivity contribution is 5.95. The Hall–Kier alpha value is -3.54. The lowest BCUT2D eigenvalue weighted by molar-refractivity contribution is -0.135. The number of carbonyl (C=O) groups is 2. The number of aromatic nitrogens is 2. The second-order valence-corrected chi connectivity index (χ2v) is 8.47. The molecule has 0 radical (unpaired) electrons. The summed E-state index contributed by atoms with van der Waals surface area (Å²) in [6, 6.07) is 19.6. The molecule has 0 saturated carbocycles. The molecule has 6 heteroatoms. The molecule has 1 aromatic heterocycles. The largest absolute Gasteiger partial charge is 0.348 e. The number of rotatable bonds is 7. The van der Waals surface area contributed by atoms with Crippen LogP contribution >= 0.6 is 0 Å². The van der Waals surface area contributed by atoms with E-state index in [0.717, 1.165) is 30.4 Å². The monoisotopic (exact) mass is 442 g/mol. The summed E-state index contributed by atoms with van der Waals surface area (Å²) in [5.74, 6) is 0.499. The summed E-state index contributed by atoms with van der Waals surface area (Å²) in [6.45, 7) is 2.93. The van der Waals surface area contributed by atoms with Crippen molar-refractivity contribution < 1.29 is 9.59 Å². The number of hydrogen-bond donors (Lipinski definition) is 1. The fourth-order valence-corrected chi connectivity index (χ4v) is 4.34. The third kappa shape index (κ3) is 5.83. The van der Waals surface area contributed by atoms with Crippen LogP contribution < -0.4 is 5.32 Å². The molecule has 2 amide bonds. The van der Waals surface area contributed by atoms with Gasteiger partial charge in [-0.15, -0.1) is 0 Å². The average molecular weight is 443 g/mol. The highest BCUT2D eigenvalue weighted by Crippen LogP contribution is 2.32. The number of amides is 2. The second-order valence-electron chi connectivity index (χ2n) is 8.47. The van der Waals surface area contributed by atoms with Gasteiger partial charge in [0.1, 0.15) is 5.82 Å². The lowest BCUT2D eigenvalue weighted by Crippen LogP contribution is -2.40. The van der Waals surface area contributed by atoms with E-state index in [4.69, 9.17) is 0 Å². The molecule has 0 spiro atoms. The number of carbonyl (C=O) groups excluding carboxylic acids is 2. The van der Waals surface area contributed by atoms with Gasteiger partial charge in [0.2, 0.25) is 5.91 Å². The molecule has 4 rings (SSSR count). The second kappa shape index (κ2) is 10.9. The molecule has 1 fully saturated rings. The van der Waals surface area contributed by atoms with Gasteiger partial charge in [0.05, 0.1) is 17.3 Å². The Balaban J connectivity index is 1.52. The molecule has 33 heavy (non-hydrogen) atoms. The summed E-state index contributed by atoms with van der Waals surface area (Å²) in [5.41, 5.74) is 3.28. The van der Waals surface area contributed by atoms with Crippen LogP contribution in [-0.2, 0) is 17.8 Å². The number of piperidine rings is 1. The zero-order valence-electron chi connectivity index (χ0n) is 19.0. The lowest BCUT2D eigenvalue weighted by atomic mass is 9.95. The number of benzene rings is 2. The molecule has 1 N–H and O–H groups in total. The van der Waals surface area contributed by atoms with E-state index < -0.39 is 0 Å². The Morgan fingerprint density at radius 2 is 1.70 bits per heavy atom. The molecule has 1 aliphatic rings. The van der Waals surface area contributed by atoms with Crippen LogP contribution in [0.2, 0.25) is 0 Å². The van der Waals surface area contributed by atoms with Gasteiger partial charge in [0.15, 0.2) is 0 Å². The van der Waals surface area contributed by atoms with Crippen LogP contribution in [0.4, 0.5) is 0 Å². The van der Waals surface area contributed by atoms with Crippen molar-refractivity contribution in [3.63, 3.8) is 0 Å². The molecule has 0 unspecified atom stereocenters. The average Bonchev–Trinajstić information content (AvgIpc) is 2.87. The Morgan fingerprint density at radius 1 is 1.00 bits per heavy atom. The number of aryl methyl sites for hydroxylation is 2. The van der Waals surface area contributed by atoms with Crippen molar-refractivity contribution in [3.8, 4) is 0 Å². The third-order valence-electron chi connectivity index (χ3n) is 6.09. The van der Waals surface area contributed by atoms with Gasteiger partial charge in [-0.05, 0) is 43.7 Å². The van der Waals surface area contributed by atoms with Crippen molar-refractivity contribution in [3.05, 3.63) is 95.1 Å². The summed E-state index contributed by atoms with van der Waals surface area (Å²) >= 11 is 0. The maximum absolute atomic E-state index is 13.2. The fraction of sp³-hybridized carbons (Fsp3) is 0.333. The number of hydrogen-bond acceptors (Lipinski definition) is 4. The quantitative estimate of drug-likeness (QED) is 0.588. The van der Waals surface area contributed by atoms with Crippen LogP contribution in [0.15, 0.2) is 66.9 Å². The van der Waals surface area contributed by atoms with Crippen molar-refractivity contribution in [2.24, 2.45) is 0 Å². The van der Waals surface area contributed by atoms with E-state index in [0.29, 0.717) is 43.0 Å². The minimum Gasteiger partial charge on any atom is -0.348 e. The summed E-state index contributed by atoms with van der Waals surface area (Å²) in [5, 5.41) is 2.98. The van der Waals surface area contributed by atoms with E-state index in [1.54, 1.807) is 6.20 Å². The molecule has 3 aromatic rings. The summed E-state index contributed by atoms with van der Waals surface area (Å²) in [4.78, 5) is 37.2. The molecule has 0 aliphatic carbocycles. The fourth-order valence-electron chi connectivity index (χ4n) is 4.34. The predicted molar refractivity (Wildman–Crippen MR) is 127 cm³/mol. The molecule has 1 saturated heterocycles. The van der Waals surface area contributed by atoms with E-state index in [1.165, 1.54) is 0 Å². The van der Waals surface area contributed by atoms with E-state index in [-0.39, 0.29) is 17.9 Å². The van der Waals surface area contributed by atoms with Crippen molar-refractivity contribution in [1.82, 2.24) is 20.2 Å². The van der Waals surface area contributed by atoms with Crippen LogP contribution in [0.5, 0.6) is 0 Å². The van der Waals surface area contributed by atoms with Crippen molar-refractivity contribution in [2.75, 3.05) is 6.54 Å². The summed E-state index contributed by atoms with van der Waals surface area (Å²) in [7, 11) is 0. The Morgan fingerprint density at radius 3 is 2.42 bits per heavy atom. The molecule has 0 bridgehead atoms. The highest BCUT2D eigenvalue weighted by Gasteiger charge is 2.32. The SMILES string of the molecule is Cc1ncc(C(=O)NCc2ccccc2)c([C@@H]2CCCCN2C(=O)CCc2ccccc2)n1.